The van der Waals surface area contributed by atoms with Gasteiger partial charge < -0.3 is 5.11 Å². The monoisotopic (exact) mass is 190 g/mol. The summed E-state index contributed by atoms with van der Waals surface area (Å²) >= 11 is 0. The molecule has 0 aromatic heterocycles. The van der Waals surface area contributed by atoms with Crippen LogP contribution in [0.2, 0.25) is 0 Å². The topological polar surface area (TPSA) is 37.3 Å². The predicted octanol–water partition coefficient (Wildman–Crippen LogP) is 2.32. The first-order chi connectivity index (χ1) is 5.27. The molecule has 0 saturated heterocycles. The molecule has 0 aliphatic heterocycles. The number of fused-ring (bicyclic) bond motifs is 3. The van der Waals surface area contributed by atoms with Crippen molar-refractivity contribution in [3.8, 4) is 0 Å². The molecule has 0 heterocycles. The highest BCUT2D eigenvalue weighted by atomic mass is 35.5. The number of hydrogen-bond donors (Lipinski definition) is 1. The summed E-state index contributed by atoms with van der Waals surface area (Å²) in [5.74, 6) is 0.695. The van der Waals surface area contributed by atoms with E-state index < -0.39 is 5.97 Å². The molecular weight excluding hydrogens is 176 g/mol. The van der Waals surface area contributed by atoms with Gasteiger partial charge in [0.1, 0.15) is 0 Å². The van der Waals surface area contributed by atoms with Crippen molar-refractivity contribution in [2.24, 2.45) is 17.8 Å². The zero-order valence-electron chi connectivity index (χ0n) is 7.03. The minimum atomic E-state index is -0.556. The van der Waals surface area contributed by atoms with Crippen molar-refractivity contribution in [2.45, 2.75) is 32.1 Å². The highest BCUT2D eigenvalue weighted by molar-refractivity contribution is 5.85. The summed E-state index contributed by atoms with van der Waals surface area (Å²) in [5, 5.41) is 8.86. The second-order valence-corrected chi connectivity index (χ2v) is 3.96. The number of halogens is 1. The fraction of sp³-hybridized carbons (Fsp3) is 0.889. The lowest BCUT2D eigenvalue weighted by atomic mass is 9.65. The molecule has 3 aliphatic carbocycles. The molecule has 2 nitrogen and oxygen atoms in total. The van der Waals surface area contributed by atoms with Crippen LogP contribution in [-0.2, 0) is 4.79 Å². The van der Waals surface area contributed by atoms with E-state index in [0.29, 0.717) is 5.92 Å². The molecule has 2 bridgehead atoms. The fourth-order valence-electron chi connectivity index (χ4n) is 2.68. The van der Waals surface area contributed by atoms with E-state index in [9.17, 15) is 4.79 Å². The van der Waals surface area contributed by atoms with Gasteiger partial charge in [-0.1, -0.05) is 12.8 Å². The Kier molecular flexibility index (Phi) is 2.99. The minimum absolute atomic E-state index is 0. The van der Waals surface area contributed by atoms with Crippen LogP contribution in [0.4, 0.5) is 0 Å². The number of carbonyl (C=O) groups is 1. The molecule has 3 heteroatoms. The number of carboxylic acid groups (broad SMARTS) is 1. The number of hydrogen-bond acceptors (Lipinski definition) is 1. The van der Waals surface area contributed by atoms with Gasteiger partial charge in [0.2, 0.25) is 0 Å². The Labute approximate surface area is 78.8 Å². The van der Waals surface area contributed by atoms with E-state index in [1.54, 1.807) is 0 Å². The quantitative estimate of drug-likeness (QED) is 0.689. The van der Waals surface area contributed by atoms with Gasteiger partial charge in [-0.05, 0) is 31.1 Å². The molecule has 3 fully saturated rings. The summed E-state index contributed by atoms with van der Waals surface area (Å²) in [6.07, 6.45) is 5.87. The number of rotatable bonds is 1. The molecule has 70 valence electrons. The van der Waals surface area contributed by atoms with E-state index in [1.807, 2.05) is 0 Å². The second-order valence-electron chi connectivity index (χ2n) is 3.96. The standard InChI is InChI=1S/C9H14O2.ClH/c10-9(11)8-5-6-1-3-7(8)4-2-6;/h6-8H,1-5H2,(H,10,11);1H/t6?,7?,8-;/m1./s1. The van der Waals surface area contributed by atoms with Crippen LogP contribution < -0.4 is 0 Å². The van der Waals surface area contributed by atoms with Crippen LogP contribution >= 0.6 is 12.4 Å². The van der Waals surface area contributed by atoms with Crippen LogP contribution in [-0.4, -0.2) is 11.1 Å². The van der Waals surface area contributed by atoms with Crippen LogP contribution in [0.25, 0.3) is 0 Å². The van der Waals surface area contributed by atoms with Crippen LogP contribution in [0.15, 0.2) is 0 Å². The molecule has 1 N–H and O–H groups in total. The van der Waals surface area contributed by atoms with E-state index >= 15 is 0 Å². The highest BCUT2D eigenvalue weighted by Gasteiger charge is 2.39. The molecule has 0 radical (unpaired) electrons. The molecule has 0 aromatic carbocycles. The largest absolute Gasteiger partial charge is 0.481 e. The fourth-order valence-corrected chi connectivity index (χ4v) is 2.68. The summed E-state index contributed by atoms with van der Waals surface area (Å²) in [4.78, 5) is 10.7. The second kappa shape index (κ2) is 3.65. The maximum Gasteiger partial charge on any atom is 0.306 e. The molecular formula is C9H15ClO2. The van der Waals surface area contributed by atoms with Gasteiger partial charge in [0.15, 0.2) is 0 Å². The molecule has 0 aromatic rings. The molecule has 3 aliphatic rings. The average molecular weight is 191 g/mol. The van der Waals surface area contributed by atoms with E-state index in [4.69, 9.17) is 5.11 Å². The smallest absolute Gasteiger partial charge is 0.306 e. The lowest BCUT2D eigenvalue weighted by molar-refractivity contribution is -0.147. The average Bonchev–Trinajstić information content (AvgIpc) is 2.06. The summed E-state index contributed by atoms with van der Waals surface area (Å²) in [6, 6.07) is 0. The normalized spacial score (nSPS) is 38.8. The van der Waals surface area contributed by atoms with Crippen molar-refractivity contribution in [1.29, 1.82) is 0 Å². The van der Waals surface area contributed by atoms with E-state index in [1.165, 1.54) is 25.7 Å². The Hall–Kier alpha value is -0.240. The van der Waals surface area contributed by atoms with Crippen LogP contribution in [0, 0.1) is 17.8 Å². The Balaban J connectivity index is 0.000000720. The molecule has 1 atom stereocenters. The highest BCUT2D eigenvalue weighted by Crippen LogP contribution is 2.44. The summed E-state index contributed by atoms with van der Waals surface area (Å²) in [7, 11) is 0. The SMILES string of the molecule is Cl.O=C(O)[C@@H]1CC2CCC1CC2. The zero-order chi connectivity index (χ0) is 7.84. The van der Waals surface area contributed by atoms with Gasteiger partial charge in [0.05, 0.1) is 5.92 Å². The minimum Gasteiger partial charge on any atom is -0.481 e. The first kappa shape index (κ1) is 9.85. The molecule has 0 amide bonds. The van der Waals surface area contributed by atoms with Gasteiger partial charge in [0, 0.05) is 0 Å². The first-order valence-corrected chi connectivity index (χ1v) is 4.50. The van der Waals surface area contributed by atoms with Gasteiger partial charge in [-0.25, -0.2) is 0 Å². The van der Waals surface area contributed by atoms with Crippen LogP contribution in [0.1, 0.15) is 32.1 Å². The summed E-state index contributed by atoms with van der Waals surface area (Å²) in [6.45, 7) is 0. The van der Waals surface area contributed by atoms with Crippen molar-refractivity contribution < 1.29 is 9.90 Å². The van der Waals surface area contributed by atoms with Gasteiger partial charge in [-0.3, -0.25) is 4.79 Å². The van der Waals surface area contributed by atoms with Gasteiger partial charge >= 0.3 is 5.97 Å². The number of carboxylic acids is 1. The van der Waals surface area contributed by atoms with E-state index in [-0.39, 0.29) is 18.3 Å². The summed E-state index contributed by atoms with van der Waals surface area (Å²) in [5.41, 5.74) is 0. The van der Waals surface area contributed by atoms with Gasteiger partial charge in [-0.2, -0.15) is 0 Å². The first-order valence-electron chi connectivity index (χ1n) is 4.50. The van der Waals surface area contributed by atoms with Crippen molar-refractivity contribution in [1.82, 2.24) is 0 Å². The number of aliphatic carboxylic acids is 1. The maximum atomic E-state index is 10.7. The zero-order valence-corrected chi connectivity index (χ0v) is 7.85. The van der Waals surface area contributed by atoms with Crippen molar-refractivity contribution in [3.63, 3.8) is 0 Å². The molecule has 0 spiro atoms. The third-order valence-electron chi connectivity index (χ3n) is 3.36. The van der Waals surface area contributed by atoms with E-state index in [0.717, 1.165) is 12.3 Å². The van der Waals surface area contributed by atoms with Crippen molar-refractivity contribution in [2.75, 3.05) is 0 Å². The lowest BCUT2D eigenvalue weighted by Gasteiger charge is -2.40. The van der Waals surface area contributed by atoms with Crippen LogP contribution in [0.5, 0.6) is 0 Å². The van der Waals surface area contributed by atoms with Crippen molar-refractivity contribution in [3.05, 3.63) is 0 Å². The van der Waals surface area contributed by atoms with Crippen LogP contribution in [0.3, 0.4) is 0 Å². The molecule has 0 unspecified atom stereocenters. The third-order valence-corrected chi connectivity index (χ3v) is 3.36. The van der Waals surface area contributed by atoms with Gasteiger partial charge in [-0.15, -0.1) is 12.4 Å². The Morgan fingerprint density at radius 2 is 1.75 bits per heavy atom. The van der Waals surface area contributed by atoms with Gasteiger partial charge in [0.25, 0.3) is 0 Å². The Morgan fingerprint density at radius 3 is 2.00 bits per heavy atom. The maximum absolute atomic E-state index is 10.7. The third kappa shape index (κ3) is 1.58. The Morgan fingerprint density at radius 1 is 1.17 bits per heavy atom. The van der Waals surface area contributed by atoms with Crippen molar-refractivity contribution >= 4 is 18.4 Å². The lowest BCUT2D eigenvalue weighted by Crippen LogP contribution is -2.35. The molecule has 12 heavy (non-hydrogen) atoms. The molecule has 3 saturated carbocycles. The predicted molar refractivity (Wildman–Crippen MR) is 48.4 cm³/mol. The Bertz CT molecular complexity index is 173. The summed E-state index contributed by atoms with van der Waals surface area (Å²) < 4.78 is 0. The van der Waals surface area contributed by atoms with E-state index in [2.05, 4.69) is 0 Å². The molecule has 3 rings (SSSR count).